The van der Waals surface area contributed by atoms with Crippen LogP contribution in [0.25, 0.3) is 0 Å². The van der Waals surface area contributed by atoms with Crippen molar-refractivity contribution in [3.8, 4) is 0 Å². The fourth-order valence-electron chi connectivity index (χ4n) is 1.46. The Morgan fingerprint density at radius 1 is 1.41 bits per heavy atom. The van der Waals surface area contributed by atoms with E-state index in [9.17, 15) is 4.79 Å². The zero-order chi connectivity index (χ0) is 13.2. The van der Waals surface area contributed by atoms with Gasteiger partial charge in [0.1, 0.15) is 0 Å². The highest BCUT2D eigenvalue weighted by Crippen LogP contribution is 2.27. The lowest BCUT2D eigenvalue weighted by Crippen LogP contribution is -2.30. The molecular weight excluding hydrogens is 367 g/mol. The first-order valence-corrected chi connectivity index (χ1v) is 7.43. The summed E-state index contributed by atoms with van der Waals surface area (Å²) in [6.45, 7) is 5.78. The van der Waals surface area contributed by atoms with Crippen molar-refractivity contribution in [2.75, 3.05) is 0 Å². The third-order valence-corrected chi connectivity index (χ3v) is 4.18. The Kier molecular flexibility index (Phi) is 5.23. The van der Waals surface area contributed by atoms with Crippen LogP contribution in [0, 0.1) is 5.41 Å². The van der Waals surface area contributed by atoms with Crippen LogP contribution >= 0.6 is 43.5 Å². The number of ketones is 1. The SMILES string of the molecule is CC(C)(C)C(=O)C(Br)Cc1cc(Cl)ccc1Br. The summed E-state index contributed by atoms with van der Waals surface area (Å²) in [5.41, 5.74) is 0.705. The van der Waals surface area contributed by atoms with Gasteiger partial charge in [-0.15, -0.1) is 0 Å². The molecular formula is C13H15Br2ClO. The summed E-state index contributed by atoms with van der Waals surface area (Å²) in [5.74, 6) is 0.198. The van der Waals surface area contributed by atoms with Gasteiger partial charge in [-0.2, -0.15) is 0 Å². The van der Waals surface area contributed by atoms with E-state index in [4.69, 9.17) is 11.6 Å². The van der Waals surface area contributed by atoms with E-state index in [1.165, 1.54) is 0 Å². The van der Waals surface area contributed by atoms with Crippen LogP contribution in [0.5, 0.6) is 0 Å². The molecule has 4 heteroatoms. The van der Waals surface area contributed by atoms with Gasteiger partial charge in [-0.1, -0.05) is 64.2 Å². The Labute approximate surface area is 124 Å². The molecule has 0 spiro atoms. The highest BCUT2D eigenvalue weighted by Gasteiger charge is 2.28. The minimum atomic E-state index is -0.334. The van der Waals surface area contributed by atoms with Crippen LogP contribution in [-0.2, 0) is 11.2 Å². The van der Waals surface area contributed by atoms with Gasteiger partial charge in [-0.25, -0.2) is 0 Å². The maximum absolute atomic E-state index is 12.1. The number of hydrogen-bond acceptors (Lipinski definition) is 1. The Balaban J connectivity index is 2.85. The third-order valence-electron chi connectivity index (χ3n) is 2.43. The fraction of sp³-hybridized carbons (Fsp3) is 0.462. The Hall–Kier alpha value is 0.140. The van der Waals surface area contributed by atoms with Crippen LogP contribution in [0.2, 0.25) is 5.02 Å². The summed E-state index contributed by atoms with van der Waals surface area (Å²) >= 11 is 12.9. The van der Waals surface area contributed by atoms with Gasteiger partial charge in [0.25, 0.3) is 0 Å². The molecule has 0 amide bonds. The van der Waals surface area contributed by atoms with Gasteiger partial charge in [0.2, 0.25) is 0 Å². The van der Waals surface area contributed by atoms with Gasteiger partial charge < -0.3 is 0 Å². The van der Waals surface area contributed by atoms with E-state index in [1.807, 2.05) is 39.0 Å². The summed E-state index contributed by atoms with van der Waals surface area (Å²) in [4.78, 5) is 11.9. The fourth-order valence-corrected chi connectivity index (χ4v) is 3.09. The molecule has 1 rings (SSSR count). The molecule has 94 valence electrons. The van der Waals surface area contributed by atoms with Crippen LogP contribution in [0.3, 0.4) is 0 Å². The maximum atomic E-state index is 12.1. The molecule has 0 heterocycles. The Morgan fingerprint density at radius 2 is 2.00 bits per heavy atom. The average Bonchev–Trinajstić information content (AvgIpc) is 2.21. The molecule has 1 atom stereocenters. The molecule has 0 fully saturated rings. The summed E-state index contributed by atoms with van der Waals surface area (Å²) < 4.78 is 0.980. The number of halogens is 3. The van der Waals surface area contributed by atoms with Crippen molar-refractivity contribution in [1.29, 1.82) is 0 Å². The van der Waals surface area contributed by atoms with Gasteiger partial charge in [0, 0.05) is 14.9 Å². The van der Waals surface area contributed by atoms with Crippen molar-refractivity contribution in [2.45, 2.75) is 32.0 Å². The maximum Gasteiger partial charge on any atom is 0.152 e. The smallest absolute Gasteiger partial charge is 0.152 e. The highest BCUT2D eigenvalue weighted by atomic mass is 79.9. The second-order valence-corrected chi connectivity index (χ2v) is 7.42. The van der Waals surface area contributed by atoms with Crippen molar-refractivity contribution in [2.24, 2.45) is 5.41 Å². The van der Waals surface area contributed by atoms with E-state index in [-0.39, 0.29) is 16.0 Å². The van der Waals surface area contributed by atoms with E-state index < -0.39 is 0 Å². The predicted octanol–water partition coefficient (Wildman–Crippen LogP) is 5.02. The number of rotatable bonds is 3. The topological polar surface area (TPSA) is 17.1 Å². The molecule has 0 bridgehead atoms. The van der Waals surface area contributed by atoms with E-state index in [0.717, 1.165) is 10.0 Å². The van der Waals surface area contributed by atoms with Crippen LogP contribution in [0.1, 0.15) is 26.3 Å². The van der Waals surface area contributed by atoms with E-state index in [2.05, 4.69) is 31.9 Å². The lowest BCUT2D eigenvalue weighted by Gasteiger charge is -2.21. The molecule has 0 aromatic heterocycles. The normalized spacial score (nSPS) is 13.5. The van der Waals surface area contributed by atoms with Crippen LogP contribution < -0.4 is 0 Å². The van der Waals surface area contributed by atoms with Gasteiger partial charge in [-0.3, -0.25) is 4.79 Å². The van der Waals surface area contributed by atoms with Gasteiger partial charge in [0.05, 0.1) is 4.83 Å². The minimum absolute atomic E-state index is 0.183. The quantitative estimate of drug-likeness (QED) is 0.671. The van der Waals surface area contributed by atoms with Crippen LogP contribution in [-0.4, -0.2) is 10.6 Å². The first-order chi connectivity index (χ1) is 7.71. The Morgan fingerprint density at radius 3 is 2.53 bits per heavy atom. The number of alkyl halides is 1. The molecule has 0 N–H and O–H groups in total. The zero-order valence-electron chi connectivity index (χ0n) is 10.1. The molecule has 0 aliphatic carbocycles. The highest BCUT2D eigenvalue weighted by molar-refractivity contribution is 9.10. The van der Waals surface area contributed by atoms with Gasteiger partial charge >= 0.3 is 0 Å². The predicted molar refractivity (Wildman–Crippen MR) is 80.0 cm³/mol. The average molecular weight is 383 g/mol. The number of benzene rings is 1. The van der Waals surface area contributed by atoms with E-state index in [0.29, 0.717) is 11.4 Å². The van der Waals surface area contributed by atoms with E-state index in [1.54, 1.807) is 0 Å². The second-order valence-electron chi connectivity index (χ2n) is 5.02. The van der Waals surface area contributed by atoms with Gasteiger partial charge in [0.15, 0.2) is 5.78 Å². The van der Waals surface area contributed by atoms with Crippen molar-refractivity contribution in [1.82, 2.24) is 0 Å². The number of carbonyl (C=O) groups is 1. The molecule has 0 saturated heterocycles. The van der Waals surface area contributed by atoms with Crippen molar-refractivity contribution >= 4 is 49.2 Å². The lowest BCUT2D eigenvalue weighted by molar-refractivity contribution is -0.125. The third kappa shape index (κ3) is 4.38. The molecule has 1 aromatic rings. The van der Waals surface area contributed by atoms with Crippen molar-refractivity contribution in [3.63, 3.8) is 0 Å². The molecule has 1 unspecified atom stereocenters. The summed E-state index contributed by atoms with van der Waals surface area (Å²) in [6, 6.07) is 5.61. The molecule has 1 aromatic carbocycles. The molecule has 17 heavy (non-hydrogen) atoms. The first-order valence-electron chi connectivity index (χ1n) is 5.34. The molecule has 0 aliphatic heterocycles. The number of carbonyl (C=O) groups excluding carboxylic acids is 1. The monoisotopic (exact) mass is 380 g/mol. The molecule has 0 aliphatic rings. The summed E-state index contributed by atoms with van der Waals surface area (Å²) in [5, 5.41) is 0.686. The standard InChI is InChI=1S/C13H15Br2ClO/c1-13(2,3)12(17)11(15)7-8-6-9(16)4-5-10(8)14/h4-6,11H,7H2,1-3H3. The van der Waals surface area contributed by atoms with Crippen molar-refractivity contribution < 1.29 is 4.79 Å². The van der Waals surface area contributed by atoms with Crippen LogP contribution in [0.4, 0.5) is 0 Å². The largest absolute Gasteiger partial charge is 0.298 e. The molecule has 0 radical (unpaired) electrons. The number of Topliss-reactive ketones (excluding diaryl/α,β-unsaturated/α-hetero) is 1. The molecule has 0 saturated carbocycles. The van der Waals surface area contributed by atoms with Gasteiger partial charge in [-0.05, 0) is 30.2 Å². The summed E-state index contributed by atoms with van der Waals surface area (Å²) in [6.07, 6.45) is 0.636. The summed E-state index contributed by atoms with van der Waals surface area (Å²) in [7, 11) is 0. The lowest BCUT2D eigenvalue weighted by atomic mass is 9.87. The minimum Gasteiger partial charge on any atom is -0.298 e. The number of hydrogen-bond donors (Lipinski definition) is 0. The molecule has 1 nitrogen and oxygen atoms in total. The second kappa shape index (κ2) is 5.85. The zero-order valence-corrected chi connectivity index (χ0v) is 14.0. The van der Waals surface area contributed by atoms with Crippen molar-refractivity contribution in [3.05, 3.63) is 33.3 Å². The first kappa shape index (κ1) is 15.2. The van der Waals surface area contributed by atoms with Crippen LogP contribution in [0.15, 0.2) is 22.7 Å². The van der Waals surface area contributed by atoms with E-state index >= 15 is 0 Å². The Bertz CT molecular complexity index is 424.